The van der Waals surface area contributed by atoms with Gasteiger partial charge in [0.1, 0.15) is 17.3 Å². The average Bonchev–Trinajstić information content (AvgIpc) is 2.62. The Hall–Kier alpha value is -3.18. The Morgan fingerprint density at radius 3 is 2.37 bits per heavy atom. The number of rotatable bonds is 8. The number of para-hydroxylation sites is 1. The lowest BCUT2D eigenvalue weighted by Gasteiger charge is -2.15. The molecule has 11 heteroatoms. The first-order chi connectivity index (χ1) is 12.9. The summed E-state index contributed by atoms with van der Waals surface area (Å²) in [5, 5.41) is 21.5. The molecule has 2 aromatic carbocycles. The summed E-state index contributed by atoms with van der Waals surface area (Å²) in [5.41, 5.74) is -0.128. The van der Waals surface area contributed by atoms with Gasteiger partial charge in [0.05, 0.1) is 9.85 Å². The molecule has 0 atom stereocenters. The van der Waals surface area contributed by atoms with Crippen molar-refractivity contribution in [2.75, 3.05) is 20.2 Å². The molecule has 27 heavy (non-hydrogen) atoms. The van der Waals surface area contributed by atoms with Crippen LogP contribution in [-0.2, 0) is 4.74 Å². The molecule has 0 aliphatic carbocycles. The SMILES string of the molecule is CN(CCOC(=O)Oc1ccc([N+](=O)[O-])cc1)Sc1ccccc1[N+](=O)[O-]. The molecule has 142 valence electrons. The van der Waals surface area contributed by atoms with Gasteiger partial charge >= 0.3 is 6.16 Å². The molecule has 0 bridgehead atoms. The summed E-state index contributed by atoms with van der Waals surface area (Å²) < 4.78 is 11.5. The first kappa shape index (κ1) is 20.1. The molecule has 0 aliphatic heterocycles. The highest BCUT2D eigenvalue weighted by molar-refractivity contribution is 7.97. The third kappa shape index (κ3) is 6.24. The minimum atomic E-state index is -0.951. The first-order valence-electron chi connectivity index (χ1n) is 7.58. The Balaban J connectivity index is 1.77. The third-order valence-corrected chi connectivity index (χ3v) is 4.23. The highest BCUT2D eigenvalue weighted by atomic mass is 32.2. The number of carbonyl (C=O) groups excluding carboxylic acids is 1. The lowest BCUT2D eigenvalue weighted by molar-refractivity contribution is -0.387. The third-order valence-electron chi connectivity index (χ3n) is 3.19. The maximum Gasteiger partial charge on any atom is 0.513 e. The molecular weight excluding hydrogens is 378 g/mol. The van der Waals surface area contributed by atoms with Gasteiger partial charge in [-0.15, -0.1) is 0 Å². The van der Waals surface area contributed by atoms with Crippen LogP contribution in [0.15, 0.2) is 53.4 Å². The average molecular weight is 393 g/mol. The van der Waals surface area contributed by atoms with Crippen LogP contribution in [-0.4, -0.2) is 40.5 Å². The van der Waals surface area contributed by atoms with Crippen LogP contribution >= 0.6 is 11.9 Å². The molecule has 0 unspecified atom stereocenters. The highest BCUT2D eigenvalue weighted by Crippen LogP contribution is 2.30. The zero-order chi connectivity index (χ0) is 19.8. The van der Waals surface area contributed by atoms with Crippen molar-refractivity contribution < 1.29 is 24.1 Å². The van der Waals surface area contributed by atoms with Crippen LogP contribution in [0, 0.1) is 20.2 Å². The van der Waals surface area contributed by atoms with Crippen molar-refractivity contribution in [3.63, 3.8) is 0 Å². The Morgan fingerprint density at radius 1 is 1.07 bits per heavy atom. The van der Waals surface area contributed by atoms with Crippen molar-refractivity contribution >= 4 is 29.5 Å². The molecule has 0 saturated heterocycles. The summed E-state index contributed by atoms with van der Waals surface area (Å²) in [7, 11) is 1.70. The molecule has 0 amide bonds. The van der Waals surface area contributed by atoms with Crippen molar-refractivity contribution in [2.24, 2.45) is 0 Å². The van der Waals surface area contributed by atoms with Gasteiger partial charge in [0.2, 0.25) is 0 Å². The number of benzene rings is 2. The second-order valence-electron chi connectivity index (χ2n) is 5.12. The molecule has 0 aliphatic rings. The number of non-ortho nitro benzene ring substituents is 1. The van der Waals surface area contributed by atoms with Crippen LogP contribution in [0.3, 0.4) is 0 Å². The summed E-state index contributed by atoms with van der Waals surface area (Å²) >= 11 is 1.15. The van der Waals surface area contributed by atoms with Crippen LogP contribution in [0.25, 0.3) is 0 Å². The number of likely N-dealkylation sites (N-methyl/N-ethyl adjacent to an activating group) is 1. The Labute approximate surface area is 158 Å². The van der Waals surface area contributed by atoms with E-state index in [0.717, 1.165) is 11.9 Å². The van der Waals surface area contributed by atoms with Gasteiger partial charge < -0.3 is 9.47 Å². The molecule has 0 spiro atoms. The molecule has 0 radical (unpaired) electrons. The summed E-state index contributed by atoms with van der Waals surface area (Å²) in [6.07, 6.45) is -0.951. The van der Waals surface area contributed by atoms with Crippen LogP contribution in [0.4, 0.5) is 16.2 Å². The molecule has 0 fully saturated rings. The van der Waals surface area contributed by atoms with Crippen LogP contribution < -0.4 is 4.74 Å². The van der Waals surface area contributed by atoms with Gasteiger partial charge in [-0.1, -0.05) is 12.1 Å². The Bertz CT molecular complexity index is 829. The van der Waals surface area contributed by atoms with E-state index in [4.69, 9.17) is 9.47 Å². The zero-order valence-electron chi connectivity index (χ0n) is 14.1. The lowest BCUT2D eigenvalue weighted by Crippen LogP contribution is -2.20. The topological polar surface area (TPSA) is 125 Å². The van der Waals surface area contributed by atoms with Gasteiger partial charge in [0.15, 0.2) is 0 Å². The molecule has 0 saturated carbocycles. The number of nitro groups is 2. The predicted octanol–water partition coefficient (Wildman–Crippen LogP) is 3.66. The van der Waals surface area contributed by atoms with E-state index in [1.165, 1.54) is 30.3 Å². The lowest BCUT2D eigenvalue weighted by atomic mass is 10.3. The second kappa shape index (κ2) is 9.50. The smallest absolute Gasteiger partial charge is 0.433 e. The number of nitro benzene ring substituents is 2. The van der Waals surface area contributed by atoms with Crippen molar-refractivity contribution in [3.05, 3.63) is 68.8 Å². The van der Waals surface area contributed by atoms with Gasteiger partial charge in [-0.05, 0) is 37.2 Å². The van der Waals surface area contributed by atoms with E-state index in [2.05, 4.69) is 0 Å². The van der Waals surface area contributed by atoms with E-state index >= 15 is 0 Å². The summed E-state index contributed by atoms with van der Waals surface area (Å²) in [6, 6.07) is 11.3. The van der Waals surface area contributed by atoms with E-state index in [0.29, 0.717) is 11.4 Å². The van der Waals surface area contributed by atoms with Crippen LogP contribution in [0.5, 0.6) is 5.75 Å². The maximum absolute atomic E-state index is 11.6. The minimum Gasteiger partial charge on any atom is -0.433 e. The van der Waals surface area contributed by atoms with Gasteiger partial charge in [-0.25, -0.2) is 9.10 Å². The summed E-state index contributed by atoms with van der Waals surface area (Å²) in [4.78, 5) is 32.6. The number of ether oxygens (including phenoxy) is 2. The van der Waals surface area contributed by atoms with E-state index in [1.807, 2.05) is 0 Å². The fourth-order valence-electron chi connectivity index (χ4n) is 1.92. The number of carbonyl (C=O) groups is 1. The van der Waals surface area contributed by atoms with Gasteiger partial charge in [-0.2, -0.15) is 0 Å². The molecule has 2 rings (SSSR count). The monoisotopic (exact) mass is 393 g/mol. The Kier molecular flexibility index (Phi) is 7.08. The van der Waals surface area contributed by atoms with E-state index < -0.39 is 16.0 Å². The van der Waals surface area contributed by atoms with Crippen LogP contribution in [0.2, 0.25) is 0 Å². The highest BCUT2D eigenvalue weighted by Gasteiger charge is 2.15. The standard InChI is InChI=1S/C16H15N3O7S/c1-17(27-15-5-3-2-4-14(15)19(23)24)10-11-25-16(20)26-13-8-6-12(7-9-13)18(21)22/h2-9H,10-11H2,1H3. The molecule has 0 heterocycles. The van der Waals surface area contributed by atoms with Crippen molar-refractivity contribution in [3.8, 4) is 5.75 Å². The minimum absolute atomic E-state index is 0.00402. The number of hydrogen-bond donors (Lipinski definition) is 0. The summed E-state index contributed by atoms with van der Waals surface area (Å²) in [6.45, 7) is 0.294. The van der Waals surface area contributed by atoms with E-state index in [1.54, 1.807) is 29.6 Å². The van der Waals surface area contributed by atoms with E-state index in [9.17, 15) is 25.0 Å². The van der Waals surface area contributed by atoms with E-state index in [-0.39, 0.29) is 23.7 Å². The molecule has 2 aromatic rings. The number of nitrogens with zero attached hydrogens (tertiary/aromatic N) is 3. The summed E-state index contributed by atoms with van der Waals surface area (Å²) in [5.74, 6) is 0.119. The first-order valence-corrected chi connectivity index (χ1v) is 8.35. The van der Waals surface area contributed by atoms with Crippen molar-refractivity contribution in [1.29, 1.82) is 0 Å². The van der Waals surface area contributed by atoms with Crippen molar-refractivity contribution in [1.82, 2.24) is 4.31 Å². The van der Waals surface area contributed by atoms with Gasteiger partial charge in [-0.3, -0.25) is 20.2 Å². The normalized spacial score (nSPS) is 10.4. The molecule has 10 nitrogen and oxygen atoms in total. The predicted molar refractivity (Wildman–Crippen MR) is 96.7 cm³/mol. The Morgan fingerprint density at radius 2 is 1.74 bits per heavy atom. The molecule has 0 N–H and O–H groups in total. The fraction of sp³-hybridized carbons (Fsp3) is 0.188. The molecule has 0 aromatic heterocycles. The number of hydrogen-bond acceptors (Lipinski definition) is 9. The fourth-order valence-corrected chi connectivity index (χ4v) is 2.79. The molecular formula is C16H15N3O7S. The second-order valence-corrected chi connectivity index (χ2v) is 6.36. The van der Waals surface area contributed by atoms with Gasteiger partial charge in [0.25, 0.3) is 11.4 Å². The van der Waals surface area contributed by atoms with Crippen LogP contribution in [0.1, 0.15) is 0 Å². The van der Waals surface area contributed by atoms with Gasteiger partial charge in [0, 0.05) is 24.7 Å². The largest absolute Gasteiger partial charge is 0.513 e. The maximum atomic E-state index is 11.6. The van der Waals surface area contributed by atoms with Crippen molar-refractivity contribution in [2.45, 2.75) is 4.90 Å². The quantitative estimate of drug-likeness (QED) is 0.217. The zero-order valence-corrected chi connectivity index (χ0v) is 15.0.